The monoisotopic (exact) mass is 110 g/mol. The van der Waals surface area contributed by atoms with E-state index in [0.29, 0.717) is 0 Å². The highest BCUT2D eigenvalue weighted by Gasteiger charge is 1.82. The molecular formula is C7H12N. The molecule has 1 heteroatoms. The van der Waals surface area contributed by atoms with Gasteiger partial charge in [-0.3, -0.25) is 0 Å². The number of unbranched alkanes of at least 4 members (excludes halogenated alkanes) is 3. The summed E-state index contributed by atoms with van der Waals surface area (Å²) in [4.78, 5) is 0. The Balaban J connectivity index is 2.65. The zero-order valence-corrected chi connectivity index (χ0v) is 5.11. The van der Waals surface area contributed by atoms with E-state index in [0.717, 1.165) is 32.2 Å². The second-order valence-electron chi connectivity index (χ2n) is 1.78. The van der Waals surface area contributed by atoms with E-state index in [1.165, 1.54) is 0 Å². The molecule has 0 aromatic heterocycles. The molecule has 2 N–H and O–H groups in total. The maximum absolute atomic E-state index is 6.56. The second-order valence-corrected chi connectivity index (χ2v) is 1.78. The summed E-state index contributed by atoms with van der Waals surface area (Å²) in [5.41, 5.74) is 5.24. The quantitative estimate of drug-likeness (QED) is 0.425. The van der Waals surface area contributed by atoms with Crippen LogP contribution in [-0.4, -0.2) is 6.54 Å². The van der Waals surface area contributed by atoms with Gasteiger partial charge in [-0.25, -0.2) is 0 Å². The van der Waals surface area contributed by atoms with Gasteiger partial charge in [-0.05, 0) is 25.8 Å². The number of hydrogen-bond acceptors (Lipinski definition) is 1. The number of nitrogens with two attached hydrogens (primary N) is 1. The van der Waals surface area contributed by atoms with Crippen LogP contribution >= 0.6 is 0 Å². The van der Waals surface area contributed by atoms with Crippen molar-refractivity contribution < 1.29 is 0 Å². The SMILES string of the molecule is [C]#CCCCCCN. The largest absolute Gasteiger partial charge is 0.330 e. The third kappa shape index (κ3) is 5.52. The molecule has 1 nitrogen and oxygen atoms in total. The Kier molecular flexibility index (Phi) is 6.13. The molecular weight excluding hydrogens is 98.1 g/mol. The summed E-state index contributed by atoms with van der Waals surface area (Å²) in [5, 5.41) is 0. The van der Waals surface area contributed by atoms with E-state index in [9.17, 15) is 0 Å². The van der Waals surface area contributed by atoms with Gasteiger partial charge in [0.05, 0.1) is 0 Å². The zero-order chi connectivity index (χ0) is 6.24. The van der Waals surface area contributed by atoms with Crippen molar-refractivity contribution in [1.29, 1.82) is 0 Å². The predicted molar refractivity (Wildman–Crippen MR) is 34.7 cm³/mol. The standard InChI is InChI=1S/C7H12N/c1-2-3-4-5-6-7-8/h3-8H2. The molecule has 0 aliphatic carbocycles. The zero-order valence-electron chi connectivity index (χ0n) is 5.11. The van der Waals surface area contributed by atoms with Crippen molar-refractivity contribution in [2.75, 3.05) is 6.54 Å². The first kappa shape index (κ1) is 7.52. The average Bonchev–Trinajstić information content (AvgIpc) is 1.81. The second kappa shape index (κ2) is 6.52. The Labute approximate surface area is 51.3 Å². The van der Waals surface area contributed by atoms with Gasteiger partial charge in [0.15, 0.2) is 0 Å². The van der Waals surface area contributed by atoms with Crippen LogP contribution in [0.15, 0.2) is 0 Å². The molecule has 0 aliphatic rings. The average molecular weight is 110 g/mol. The molecule has 0 saturated heterocycles. The van der Waals surface area contributed by atoms with Crippen molar-refractivity contribution in [1.82, 2.24) is 0 Å². The minimum absolute atomic E-state index is 0.776. The normalized spacial score (nSPS) is 8.50. The molecule has 0 aromatic carbocycles. The molecule has 0 bridgehead atoms. The van der Waals surface area contributed by atoms with Gasteiger partial charge in [-0.1, -0.05) is 12.3 Å². The molecule has 0 amide bonds. The smallest absolute Gasteiger partial charge is 0.00989 e. The van der Waals surface area contributed by atoms with Crippen LogP contribution in [0.2, 0.25) is 0 Å². The van der Waals surface area contributed by atoms with Crippen LogP contribution in [0, 0.1) is 12.3 Å². The molecule has 0 unspecified atom stereocenters. The highest BCUT2D eigenvalue weighted by Crippen LogP contribution is 1.95. The molecule has 1 radical (unpaired) electrons. The van der Waals surface area contributed by atoms with Gasteiger partial charge in [0.2, 0.25) is 0 Å². The van der Waals surface area contributed by atoms with Crippen LogP contribution in [0.5, 0.6) is 0 Å². The summed E-state index contributed by atoms with van der Waals surface area (Å²) >= 11 is 0. The molecule has 0 heterocycles. The molecule has 0 saturated carbocycles. The Morgan fingerprint density at radius 1 is 1.25 bits per heavy atom. The van der Waals surface area contributed by atoms with E-state index < -0.39 is 0 Å². The highest BCUT2D eigenvalue weighted by molar-refractivity contribution is 4.74. The molecule has 0 rings (SSSR count). The summed E-state index contributed by atoms with van der Waals surface area (Å²) < 4.78 is 0. The Hall–Kier alpha value is -0.480. The summed E-state index contributed by atoms with van der Waals surface area (Å²) in [6.07, 6.45) is 10.6. The maximum Gasteiger partial charge on any atom is 0.00989 e. The van der Waals surface area contributed by atoms with Crippen LogP contribution in [0.3, 0.4) is 0 Å². The van der Waals surface area contributed by atoms with Crippen molar-refractivity contribution in [2.45, 2.75) is 25.7 Å². The first-order valence-corrected chi connectivity index (χ1v) is 3.01. The van der Waals surface area contributed by atoms with Crippen molar-refractivity contribution in [3.8, 4) is 5.92 Å². The van der Waals surface area contributed by atoms with Gasteiger partial charge in [0.1, 0.15) is 0 Å². The third-order valence-electron chi connectivity index (χ3n) is 1.01. The molecule has 8 heavy (non-hydrogen) atoms. The third-order valence-corrected chi connectivity index (χ3v) is 1.01. The predicted octanol–water partition coefficient (Wildman–Crippen LogP) is 1.10. The van der Waals surface area contributed by atoms with Crippen LogP contribution in [0.1, 0.15) is 25.7 Å². The van der Waals surface area contributed by atoms with Gasteiger partial charge >= 0.3 is 0 Å². The number of rotatable bonds is 4. The van der Waals surface area contributed by atoms with Gasteiger partial charge in [0, 0.05) is 6.42 Å². The van der Waals surface area contributed by atoms with Gasteiger partial charge in [-0.15, -0.1) is 0 Å². The van der Waals surface area contributed by atoms with Crippen molar-refractivity contribution in [2.24, 2.45) is 5.73 Å². The van der Waals surface area contributed by atoms with Crippen LogP contribution < -0.4 is 5.73 Å². The fourth-order valence-corrected chi connectivity index (χ4v) is 0.535. The van der Waals surface area contributed by atoms with Crippen LogP contribution in [-0.2, 0) is 0 Å². The lowest BCUT2D eigenvalue weighted by atomic mass is 10.2. The summed E-state index contributed by atoms with van der Waals surface area (Å²) in [6.45, 7) is 0.776. The summed E-state index contributed by atoms with van der Waals surface area (Å²) in [7, 11) is 0. The Morgan fingerprint density at radius 2 is 2.00 bits per heavy atom. The van der Waals surface area contributed by atoms with Crippen LogP contribution in [0.4, 0.5) is 0 Å². The molecule has 0 aromatic rings. The van der Waals surface area contributed by atoms with Gasteiger partial charge in [0.25, 0.3) is 0 Å². The van der Waals surface area contributed by atoms with E-state index in [1.807, 2.05) is 0 Å². The lowest BCUT2D eigenvalue weighted by molar-refractivity contribution is 0.701. The first-order chi connectivity index (χ1) is 3.91. The molecule has 0 aliphatic heterocycles. The van der Waals surface area contributed by atoms with E-state index in [2.05, 4.69) is 5.92 Å². The van der Waals surface area contributed by atoms with E-state index in [-0.39, 0.29) is 0 Å². The molecule has 0 fully saturated rings. The Morgan fingerprint density at radius 3 is 2.50 bits per heavy atom. The highest BCUT2D eigenvalue weighted by atomic mass is 14.5. The lowest BCUT2D eigenvalue weighted by Crippen LogP contribution is -1.97. The maximum atomic E-state index is 6.56. The lowest BCUT2D eigenvalue weighted by Gasteiger charge is -1.90. The molecule has 0 spiro atoms. The van der Waals surface area contributed by atoms with E-state index in [1.54, 1.807) is 0 Å². The fraction of sp³-hybridized carbons (Fsp3) is 0.714. The summed E-state index contributed by atoms with van der Waals surface area (Å²) in [6, 6.07) is 0. The summed E-state index contributed by atoms with van der Waals surface area (Å²) in [5.74, 6) is 2.34. The molecule has 0 atom stereocenters. The van der Waals surface area contributed by atoms with Crippen molar-refractivity contribution >= 4 is 0 Å². The van der Waals surface area contributed by atoms with Crippen molar-refractivity contribution in [3.63, 3.8) is 0 Å². The Bertz CT molecular complexity index is 70.9. The van der Waals surface area contributed by atoms with Gasteiger partial charge in [-0.2, -0.15) is 0 Å². The molecule has 45 valence electrons. The first-order valence-electron chi connectivity index (χ1n) is 3.01. The van der Waals surface area contributed by atoms with Crippen LogP contribution in [0.25, 0.3) is 0 Å². The fourth-order valence-electron chi connectivity index (χ4n) is 0.535. The number of hydrogen-bond donors (Lipinski definition) is 1. The topological polar surface area (TPSA) is 26.0 Å². The van der Waals surface area contributed by atoms with E-state index in [4.69, 9.17) is 12.2 Å². The minimum atomic E-state index is 0.776. The van der Waals surface area contributed by atoms with Crippen molar-refractivity contribution in [3.05, 3.63) is 6.42 Å². The van der Waals surface area contributed by atoms with E-state index >= 15 is 0 Å². The minimum Gasteiger partial charge on any atom is -0.330 e. The van der Waals surface area contributed by atoms with Gasteiger partial charge < -0.3 is 5.73 Å².